The molecule has 6 heteroatoms. The van der Waals surface area contributed by atoms with Crippen LogP contribution in [0.1, 0.15) is 20.8 Å². The van der Waals surface area contributed by atoms with Gasteiger partial charge in [0.15, 0.2) is 0 Å². The van der Waals surface area contributed by atoms with E-state index in [0.29, 0.717) is 27.8 Å². The van der Waals surface area contributed by atoms with Gasteiger partial charge in [-0.25, -0.2) is 4.98 Å². The monoisotopic (exact) mass is 458 g/mol. The van der Waals surface area contributed by atoms with Gasteiger partial charge in [-0.2, -0.15) is 0 Å². The molecule has 0 saturated heterocycles. The Morgan fingerprint density at radius 1 is 1.06 bits per heavy atom. The summed E-state index contributed by atoms with van der Waals surface area (Å²) < 4.78 is 7.51. The zero-order chi connectivity index (χ0) is 22.1. The van der Waals surface area contributed by atoms with E-state index in [1.54, 1.807) is 13.3 Å². The van der Waals surface area contributed by atoms with Crippen molar-refractivity contribution >= 4 is 39.6 Å². The summed E-state index contributed by atoms with van der Waals surface area (Å²) in [7, 11) is 1.63. The van der Waals surface area contributed by atoms with E-state index < -0.39 is 0 Å². The van der Waals surface area contributed by atoms with Crippen LogP contribution in [0.25, 0.3) is 21.5 Å². The minimum absolute atomic E-state index is 0.0437. The average Bonchev–Trinajstić information content (AvgIpc) is 3.46. The molecule has 0 aliphatic rings. The van der Waals surface area contributed by atoms with Gasteiger partial charge in [-0.1, -0.05) is 54.1 Å². The van der Waals surface area contributed by atoms with E-state index in [1.807, 2.05) is 79.0 Å². The molecule has 2 heterocycles. The quantitative estimate of drug-likeness (QED) is 0.266. The predicted octanol–water partition coefficient (Wildman–Crippen LogP) is 6.71. The Labute approximate surface area is 194 Å². The van der Waals surface area contributed by atoms with Gasteiger partial charge in [-0.3, -0.25) is 4.79 Å². The Bertz CT molecular complexity index is 1410. The summed E-state index contributed by atoms with van der Waals surface area (Å²) in [5.41, 5.74) is 3.71. The molecule has 32 heavy (non-hydrogen) atoms. The fourth-order valence-electron chi connectivity index (χ4n) is 3.73. The largest absolute Gasteiger partial charge is 0.497 e. The number of carbonyl (C=O) groups excluding carboxylic acids is 1. The highest BCUT2D eigenvalue weighted by molar-refractivity contribution is 7.17. The molecular weight excluding hydrogens is 440 g/mol. The second kappa shape index (κ2) is 8.61. The molecule has 3 aromatic carbocycles. The number of halogens is 1. The van der Waals surface area contributed by atoms with Crippen molar-refractivity contribution in [2.75, 3.05) is 7.11 Å². The summed E-state index contributed by atoms with van der Waals surface area (Å²) >= 11 is 7.44. The van der Waals surface area contributed by atoms with Crippen LogP contribution in [0.4, 0.5) is 0 Å². The third-order valence-corrected chi connectivity index (χ3v) is 6.65. The Hall–Kier alpha value is -3.41. The minimum atomic E-state index is -0.0437. The summed E-state index contributed by atoms with van der Waals surface area (Å²) in [6.07, 6.45) is 3.58. The molecule has 0 aliphatic carbocycles. The maximum Gasteiger partial charge on any atom is 0.206 e. The first-order valence-corrected chi connectivity index (χ1v) is 11.3. The van der Waals surface area contributed by atoms with Gasteiger partial charge in [0.1, 0.15) is 10.8 Å². The summed E-state index contributed by atoms with van der Waals surface area (Å²) in [4.78, 5) is 18.6. The van der Waals surface area contributed by atoms with Crippen LogP contribution in [-0.4, -0.2) is 22.4 Å². The van der Waals surface area contributed by atoms with E-state index in [9.17, 15) is 4.79 Å². The van der Waals surface area contributed by atoms with Crippen LogP contribution in [0.15, 0.2) is 85.2 Å². The van der Waals surface area contributed by atoms with Gasteiger partial charge in [0, 0.05) is 46.0 Å². The number of methoxy groups -OCH3 is 1. The van der Waals surface area contributed by atoms with Gasteiger partial charge in [0.2, 0.25) is 5.78 Å². The maximum absolute atomic E-state index is 13.5. The van der Waals surface area contributed by atoms with Crippen molar-refractivity contribution in [1.29, 1.82) is 0 Å². The van der Waals surface area contributed by atoms with Gasteiger partial charge in [0.05, 0.1) is 12.0 Å². The number of nitrogens with zero attached hydrogens (tertiary/aromatic N) is 2. The van der Waals surface area contributed by atoms with Crippen molar-refractivity contribution in [2.45, 2.75) is 6.54 Å². The molecule has 4 nitrogen and oxygen atoms in total. The van der Waals surface area contributed by atoms with E-state index >= 15 is 0 Å². The first-order chi connectivity index (χ1) is 15.6. The molecule has 158 valence electrons. The topological polar surface area (TPSA) is 44.1 Å². The lowest BCUT2D eigenvalue weighted by molar-refractivity contribution is 0.104. The predicted molar refractivity (Wildman–Crippen MR) is 130 cm³/mol. The van der Waals surface area contributed by atoms with Gasteiger partial charge >= 0.3 is 0 Å². The first kappa shape index (κ1) is 20.5. The van der Waals surface area contributed by atoms with Crippen LogP contribution in [-0.2, 0) is 6.54 Å². The molecule has 2 aromatic heterocycles. The molecule has 0 bridgehead atoms. The molecule has 0 N–H and O–H groups in total. The summed E-state index contributed by atoms with van der Waals surface area (Å²) in [6, 6.07) is 23.4. The summed E-state index contributed by atoms with van der Waals surface area (Å²) in [6.45, 7) is 0.630. The third kappa shape index (κ3) is 3.93. The van der Waals surface area contributed by atoms with E-state index in [0.717, 1.165) is 27.0 Å². The molecule has 0 fully saturated rings. The molecular formula is C26H19ClN2O2S. The first-order valence-electron chi connectivity index (χ1n) is 10.1. The zero-order valence-electron chi connectivity index (χ0n) is 17.3. The van der Waals surface area contributed by atoms with Crippen LogP contribution in [0.2, 0.25) is 5.02 Å². The highest BCUT2D eigenvalue weighted by Crippen LogP contribution is 2.31. The lowest BCUT2D eigenvalue weighted by Crippen LogP contribution is -1.99. The van der Waals surface area contributed by atoms with Crippen molar-refractivity contribution < 1.29 is 9.53 Å². The molecule has 0 aliphatic heterocycles. The van der Waals surface area contributed by atoms with Gasteiger partial charge < -0.3 is 9.30 Å². The van der Waals surface area contributed by atoms with E-state index in [2.05, 4.69) is 9.55 Å². The number of ketones is 1. The smallest absolute Gasteiger partial charge is 0.206 e. The molecule has 0 saturated carbocycles. The van der Waals surface area contributed by atoms with Gasteiger partial charge in [-0.15, -0.1) is 11.3 Å². The molecule has 5 aromatic rings. The van der Waals surface area contributed by atoms with Crippen molar-refractivity contribution in [3.63, 3.8) is 0 Å². The molecule has 0 atom stereocenters. The Morgan fingerprint density at radius 2 is 1.84 bits per heavy atom. The zero-order valence-corrected chi connectivity index (χ0v) is 18.9. The van der Waals surface area contributed by atoms with Crippen LogP contribution >= 0.6 is 22.9 Å². The Balaban J connectivity index is 1.56. The standard InChI is InChI=1S/C26H19ClN2O2S/c1-31-20-11-12-23-21(13-20)22(16-29(23)15-17-7-9-19(27)10-8-17)25(30)24-14-28-26(32-24)18-5-3-2-4-6-18/h2-14,16H,15H2,1H3. The highest BCUT2D eigenvalue weighted by Gasteiger charge is 2.20. The minimum Gasteiger partial charge on any atom is -0.497 e. The molecule has 0 amide bonds. The Morgan fingerprint density at radius 3 is 2.59 bits per heavy atom. The highest BCUT2D eigenvalue weighted by atomic mass is 35.5. The number of carbonyl (C=O) groups is 1. The van der Waals surface area contributed by atoms with Crippen LogP contribution < -0.4 is 4.74 Å². The van der Waals surface area contributed by atoms with E-state index in [4.69, 9.17) is 16.3 Å². The number of ether oxygens (including phenoxy) is 1. The lowest BCUT2D eigenvalue weighted by atomic mass is 10.1. The second-order valence-corrected chi connectivity index (χ2v) is 8.87. The number of aromatic nitrogens is 2. The average molecular weight is 459 g/mol. The van der Waals surface area contributed by atoms with E-state index in [-0.39, 0.29) is 5.78 Å². The normalized spacial score (nSPS) is 11.1. The van der Waals surface area contributed by atoms with Crippen molar-refractivity contribution in [3.05, 3.63) is 106 Å². The van der Waals surface area contributed by atoms with E-state index in [1.165, 1.54) is 11.3 Å². The SMILES string of the molecule is COc1ccc2c(c1)c(C(=O)c1cnc(-c3ccccc3)s1)cn2Cc1ccc(Cl)cc1. The number of benzene rings is 3. The summed E-state index contributed by atoms with van der Waals surface area (Å²) in [5.74, 6) is 0.669. The molecule has 0 unspecified atom stereocenters. The lowest BCUT2D eigenvalue weighted by Gasteiger charge is -2.06. The second-order valence-electron chi connectivity index (χ2n) is 7.41. The third-order valence-electron chi connectivity index (χ3n) is 5.35. The van der Waals surface area contributed by atoms with Crippen molar-refractivity contribution in [3.8, 4) is 16.3 Å². The number of fused-ring (bicyclic) bond motifs is 1. The van der Waals surface area contributed by atoms with Crippen molar-refractivity contribution in [2.24, 2.45) is 0 Å². The van der Waals surface area contributed by atoms with Crippen LogP contribution in [0.5, 0.6) is 5.75 Å². The number of hydrogen-bond donors (Lipinski definition) is 0. The van der Waals surface area contributed by atoms with Crippen LogP contribution in [0.3, 0.4) is 0 Å². The van der Waals surface area contributed by atoms with Crippen molar-refractivity contribution in [1.82, 2.24) is 9.55 Å². The Kier molecular flexibility index (Phi) is 5.52. The maximum atomic E-state index is 13.5. The number of hydrogen-bond acceptors (Lipinski definition) is 4. The van der Waals surface area contributed by atoms with Gasteiger partial charge in [-0.05, 0) is 35.9 Å². The fourth-order valence-corrected chi connectivity index (χ4v) is 4.73. The number of rotatable bonds is 6. The number of thiazole rings is 1. The molecule has 0 spiro atoms. The molecule has 0 radical (unpaired) electrons. The summed E-state index contributed by atoms with van der Waals surface area (Å²) in [5, 5.41) is 2.39. The fraction of sp³-hybridized carbons (Fsp3) is 0.0769. The molecule has 5 rings (SSSR count). The van der Waals surface area contributed by atoms with Crippen LogP contribution in [0, 0.1) is 0 Å². The van der Waals surface area contributed by atoms with Gasteiger partial charge in [0.25, 0.3) is 0 Å².